The Hall–Kier alpha value is -8.72. The molecule has 14 rings (SSSR count). The topological polar surface area (TPSA) is 16.4 Å². The molecule has 66 heavy (non-hydrogen) atoms. The highest BCUT2D eigenvalue weighted by Gasteiger charge is 2.20. The predicted octanol–water partition coefficient (Wildman–Crippen LogP) is 18.4. The van der Waals surface area contributed by atoms with Crippen LogP contribution < -0.4 is 4.90 Å². The van der Waals surface area contributed by atoms with E-state index in [4.69, 9.17) is 4.42 Å². The van der Waals surface area contributed by atoms with Crippen LogP contribution in [0.25, 0.3) is 120 Å². The molecule has 2 nitrogen and oxygen atoms in total. The fraction of sp³-hybridized carbons (Fsp3) is 0. The predicted molar refractivity (Wildman–Crippen MR) is 281 cm³/mol. The van der Waals surface area contributed by atoms with Crippen molar-refractivity contribution in [2.75, 3.05) is 4.90 Å². The first kappa shape index (κ1) is 36.7. The molecule has 0 atom stereocenters. The van der Waals surface area contributed by atoms with Crippen molar-refractivity contribution in [1.82, 2.24) is 0 Å². The van der Waals surface area contributed by atoms with Crippen LogP contribution in [-0.4, -0.2) is 0 Å². The Morgan fingerprint density at radius 3 is 1.24 bits per heavy atom. The van der Waals surface area contributed by atoms with Crippen molar-refractivity contribution in [3.63, 3.8) is 0 Å². The Morgan fingerprint density at radius 1 is 0.227 bits per heavy atom. The lowest BCUT2D eigenvalue weighted by molar-refractivity contribution is 0.669. The normalized spacial score (nSPS) is 11.9. The molecule has 1 aromatic heterocycles. The molecule has 0 bridgehead atoms. The van der Waals surface area contributed by atoms with Gasteiger partial charge in [-0.1, -0.05) is 182 Å². The Kier molecular flexibility index (Phi) is 8.02. The number of nitrogens with zero attached hydrogens (tertiary/aromatic N) is 1. The van der Waals surface area contributed by atoms with Gasteiger partial charge in [0.15, 0.2) is 0 Å². The lowest BCUT2D eigenvalue weighted by Crippen LogP contribution is -2.10. The Balaban J connectivity index is 0.974. The van der Waals surface area contributed by atoms with Crippen LogP contribution in [0.3, 0.4) is 0 Å². The van der Waals surface area contributed by atoms with Crippen LogP contribution in [0.5, 0.6) is 0 Å². The molecule has 13 aromatic carbocycles. The van der Waals surface area contributed by atoms with Gasteiger partial charge in [-0.15, -0.1) is 0 Å². The second-order valence-corrected chi connectivity index (χ2v) is 17.6. The van der Waals surface area contributed by atoms with Gasteiger partial charge in [-0.2, -0.15) is 0 Å². The summed E-state index contributed by atoms with van der Waals surface area (Å²) in [6.45, 7) is 0. The molecule has 0 aliphatic carbocycles. The first-order valence-electron chi connectivity index (χ1n) is 22.7. The fourth-order valence-electron chi connectivity index (χ4n) is 10.8. The maximum atomic E-state index is 6.31. The molecule has 0 unspecified atom stereocenters. The molecule has 1 heterocycles. The van der Waals surface area contributed by atoms with Crippen LogP contribution >= 0.6 is 0 Å². The number of furan rings is 1. The van der Waals surface area contributed by atoms with Crippen LogP contribution in [0.15, 0.2) is 241 Å². The third-order valence-corrected chi connectivity index (χ3v) is 14.0. The van der Waals surface area contributed by atoms with Gasteiger partial charge in [-0.3, -0.25) is 0 Å². The average molecular weight is 838 g/mol. The zero-order chi connectivity index (χ0) is 43.3. The van der Waals surface area contributed by atoms with Gasteiger partial charge in [0.05, 0.1) is 0 Å². The van der Waals surface area contributed by atoms with E-state index in [9.17, 15) is 0 Å². The first-order valence-corrected chi connectivity index (χ1v) is 22.7. The molecule has 0 N–H and O–H groups in total. The molecular weight excluding hydrogens is 799 g/mol. The number of benzene rings is 12. The number of rotatable bonds is 6. The highest BCUT2D eigenvalue weighted by Crippen LogP contribution is 2.47. The van der Waals surface area contributed by atoms with E-state index in [1.807, 2.05) is 12.1 Å². The first-order chi connectivity index (χ1) is 32.7. The molecule has 306 valence electrons. The van der Waals surface area contributed by atoms with Gasteiger partial charge < -0.3 is 9.32 Å². The molecule has 2 heteroatoms. The summed E-state index contributed by atoms with van der Waals surface area (Å²) < 4.78 is 6.31. The number of fused-ring (bicyclic) bond motifs is 5. The minimum Gasteiger partial charge on any atom is -0.456 e. The highest BCUT2D eigenvalue weighted by atomic mass is 16.3. The molecule has 0 saturated carbocycles. The van der Waals surface area contributed by atoms with Crippen molar-refractivity contribution >= 4 is 104 Å². The number of hydrogen-bond donors (Lipinski definition) is 0. The van der Waals surface area contributed by atoms with Gasteiger partial charge in [0, 0.05) is 27.8 Å². The molecule has 0 aliphatic rings. The summed E-state index contributed by atoms with van der Waals surface area (Å²) in [5.41, 5.74) is 12.1. The molecular formula is C64H39NO. The molecule has 0 radical (unpaired) electrons. The van der Waals surface area contributed by atoms with E-state index >= 15 is 0 Å². The zero-order valence-corrected chi connectivity index (χ0v) is 35.9. The van der Waals surface area contributed by atoms with Crippen molar-refractivity contribution in [3.8, 4) is 33.4 Å². The molecule has 0 fully saturated rings. The number of para-hydroxylation sites is 1. The lowest BCUT2D eigenvalue weighted by Gasteiger charge is -2.27. The second-order valence-electron chi connectivity index (χ2n) is 17.6. The van der Waals surface area contributed by atoms with Crippen LogP contribution in [0, 0.1) is 0 Å². The van der Waals surface area contributed by atoms with Crippen molar-refractivity contribution in [3.05, 3.63) is 237 Å². The van der Waals surface area contributed by atoms with Crippen molar-refractivity contribution < 1.29 is 4.42 Å². The maximum Gasteiger partial charge on any atom is 0.136 e. The maximum absolute atomic E-state index is 6.31. The van der Waals surface area contributed by atoms with E-state index in [1.54, 1.807) is 0 Å². The molecule has 0 saturated heterocycles. The quantitative estimate of drug-likeness (QED) is 0.155. The van der Waals surface area contributed by atoms with Gasteiger partial charge in [0.2, 0.25) is 0 Å². The molecule has 0 amide bonds. The second kappa shape index (κ2) is 14.4. The summed E-state index contributed by atoms with van der Waals surface area (Å²) >= 11 is 0. The Morgan fingerprint density at radius 2 is 0.652 bits per heavy atom. The third kappa shape index (κ3) is 5.68. The van der Waals surface area contributed by atoms with E-state index in [-0.39, 0.29) is 0 Å². The van der Waals surface area contributed by atoms with E-state index < -0.39 is 0 Å². The standard InChI is InChI=1S/C64H39NO/c1-2-9-40(10-3-1)41-19-21-42(22-20-41)43-27-32-50(33-28-43)65(51-34-29-44(30-35-51)48-31-36-54-53-14-4-5-18-59(53)66-60(54)38-48)52-37-49-26-25-47-12-7-16-56-55-15-6-11-45-23-24-46-13-8-17-57(63(46)61(45)55)58(39-52)64(49)62(47)56/h1-39H. The molecule has 0 aliphatic heterocycles. The largest absolute Gasteiger partial charge is 0.456 e. The monoisotopic (exact) mass is 837 g/mol. The number of hydrogen-bond acceptors (Lipinski definition) is 2. The van der Waals surface area contributed by atoms with Gasteiger partial charge in [-0.05, 0) is 153 Å². The molecule has 0 spiro atoms. The van der Waals surface area contributed by atoms with Gasteiger partial charge in [0.1, 0.15) is 11.2 Å². The highest BCUT2D eigenvalue weighted by molar-refractivity contribution is 6.37. The Bertz CT molecular complexity index is 4180. The number of anilines is 3. The van der Waals surface area contributed by atoms with Crippen molar-refractivity contribution in [2.45, 2.75) is 0 Å². The van der Waals surface area contributed by atoms with Gasteiger partial charge in [-0.25, -0.2) is 0 Å². The summed E-state index contributed by atoms with van der Waals surface area (Å²) in [7, 11) is 0. The minimum atomic E-state index is 0.898. The van der Waals surface area contributed by atoms with Crippen LogP contribution in [0.2, 0.25) is 0 Å². The minimum absolute atomic E-state index is 0.898. The summed E-state index contributed by atoms with van der Waals surface area (Å²) in [6.07, 6.45) is 0. The third-order valence-electron chi connectivity index (χ3n) is 14.0. The SMILES string of the molecule is c1ccc(-c2ccc(-c3ccc(N(c4ccc(-c5ccc6c(c5)oc5ccccc56)cc4)c4cc5ccc6cccc7c8cccc9ccc%10cccc(c(c4)c5c67)c%10c98)cc3)cc2)cc1. The fourth-order valence-corrected chi connectivity index (χ4v) is 10.8. The summed E-state index contributed by atoms with van der Waals surface area (Å²) in [4.78, 5) is 2.42. The van der Waals surface area contributed by atoms with Crippen LogP contribution in [-0.2, 0) is 0 Å². The van der Waals surface area contributed by atoms with Crippen molar-refractivity contribution in [1.29, 1.82) is 0 Å². The van der Waals surface area contributed by atoms with E-state index in [0.717, 1.165) is 50.1 Å². The Labute approximate surface area is 381 Å². The summed E-state index contributed by atoms with van der Waals surface area (Å²) in [5, 5.41) is 17.5. The van der Waals surface area contributed by atoms with Crippen LogP contribution in [0.4, 0.5) is 17.1 Å². The zero-order valence-electron chi connectivity index (χ0n) is 35.9. The van der Waals surface area contributed by atoms with Gasteiger partial charge >= 0.3 is 0 Å². The average Bonchev–Trinajstić information content (AvgIpc) is 3.76. The van der Waals surface area contributed by atoms with E-state index in [1.165, 1.54) is 86.9 Å². The van der Waals surface area contributed by atoms with Crippen molar-refractivity contribution in [2.24, 2.45) is 0 Å². The van der Waals surface area contributed by atoms with Crippen LogP contribution in [0.1, 0.15) is 0 Å². The van der Waals surface area contributed by atoms with E-state index in [2.05, 4.69) is 229 Å². The van der Waals surface area contributed by atoms with Gasteiger partial charge in [0.25, 0.3) is 0 Å². The van der Waals surface area contributed by atoms with E-state index in [0.29, 0.717) is 0 Å². The lowest BCUT2D eigenvalue weighted by atomic mass is 9.87. The molecule has 14 aromatic rings. The summed E-state index contributed by atoms with van der Waals surface area (Å²) in [5.74, 6) is 0. The summed E-state index contributed by atoms with van der Waals surface area (Å²) in [6, 6.07) is 86.8. The smallest absolute Gasteiger partial charge is 0.136 e.